The van der Waals surface area contributed by atoms with Gasteiger partial charge in [0, 0.05) is 33.1 Å². The molecule has 9 nitrogen and oxygen atoms in total. The molecule has 1 rings (SSSR count). The lowest BCUT2D eigenvalue weighted by molar-refractivity contribution is -0.145. The largest absolute Gasteiger partial charge is 0.481 e. The number of hydrogen-bond donors (Lipinski definition) is 4. The van der Waals surface area contributed by atoms with E-state index < -0.39 is 36.0 Å². The normalized spacial score (nSPS) is 18.6. The lowest BCUT2D eigenvalue weighted by atomic mass is 9.94. The Morgan fingerprint density at radius 1 is 1.29 bits per heavy atom. The van der Waals surface area contributed by atoms with E-state index in [1.54, 1.807) is 0 Å². The highest BCUT2D eigenvalue weighted by atomic mass is 16.5. The molecular weight excluding hydrogens is 284 g/mol. The van der Waals surface area contributed by atoms with Crippen molar-refractivity contribution in [3.05, 3.63) is 0 Å². The van der Waals surface area contributed by atoms with Gasteiger partial charge in [-0.15, -0.1) is 0 Å². The smallest absolute Gasteiger partial charge is 0.326 e. The van der Waals surface area contributed by atoms with E-state index in [1.807, 2.05) is 0 Å². The fourth-order valence-corrected chi connectivity index (χ4v) is 2.06. The van der Waals surface area contributed by atoms with Crippen LogP contribution in [0.15, 0.2) is 0 Å². The van der Waals surface area contributed by atoms with Gasteiger partial charge in [0.15, 0.2) is 0 Å². The molecule has 1 unspecified atom stereocenters. The number of urea groups is 1. The Kier molecular flexibility index (Phi) is 5.91. The van der Waals surface area contributed by atoms with Crippen LogP contribution in [0.1, 0.15) is 19.3 Å². The fraction of sp³-hybridized carbons (Fsp3) is 0.750. The van der Waals surface area contributed by atoms with E-state index >= 15 is 0 Å². The molecular formula is C12H20N2O7. The molecule has 0 bridgehead atoms. The molecule has 1 heterocycles. The van der Waals surface area contributed by atoms with Crippen molar-refractivity contribution in [1.82, 2.24) is 10.2 Å². The second kappa shape index (κ2) is 7.23. The third-order valence-electron chi connectivity index (χ3n) is 3.28. The lowest BCUT2D eigenvalue weighted by Gasteiger charge is -2.35. The number of rotatable bonds is 6. The Hall–Kier alpha value is -1.87. The van der Waals surface area contributed by atoms with Gasteiger partial charge in [-0.05, 0) is 0 Å². The second-order valence-corrected chi connectivity index (χ2v) is 5.13. The van der Waals surface area contributed by atoms with Crippen LogP contribution in [0.3, 0.4) is 0 Å². The van der Waals surface area contributed by atoms with Crippen molar-refractivity contribution in [2.24, 2.45) is 0 Å². The fourth-order valence-electron chi connectivity index (χ4n) is 2.06. The molecule has 0 spiro atoms. The number of nitrogens with one attached hydrogen (secondary N) is 1. The van der Waals surface area contributed by atoms with E-state index in [1.165, 1.54) is 7.05 Å². The van der Waals surface area contributed by atoms with E-state index in [0.717, 1.165) is 4.90 Å². The van der Waals surface area contributed by atoms with E-state index in [2.05, 4.69) is 5.32 Å². The van der Waals surface area contributed by atoms with Crippen LogP contribution < -0.4 is 5.32 Å². The van der Waals surface area contributed by atoms with Crippen LogP contribution in [-0.2, 0) is 14.3 Å². The van der Waals surface area contributed by atoms with Crippen molar-refractivity contribution in [2.45, 2.75) is 30.9 Å². The highest BCUT2D eigenvalue weighted by Gasteiger charge is 2.33. The van der Waals surface area contributed by atoms with Gasteiger partial charge in [-0.2, -0.15) is 0 Å². The van der Waals surface area contributed by atoms with Gasteiger partial charge in [0.05, 0.1) is 18.6 Å². The summed E-state index contributed by atoms with van der Waals surface area (Å²) in [6.07, 6.45) is 0.0389. The zero-order chi connectivity index (χ0) is 16.0. The first-order chi connectivity index (χ1) is 9.73. The molecule has 2 amide bonds. The number of carboxylic acid groups (broad SMARTS) is 2. The molecule has 1 fully saturated rings. The maximum absolute atomic E-state index is 11.9. The Morgan fingerprint density at radius 2 is 1.86 bits per heavy atom. The van der Waals surface area contributed by atoms with Crippen LogP contribution in [0.5, 0.6) is 0 Å². The van der Waals surface area contributed by atoms with Gasteiger partial charge in [0.2, 0.25) is 0 Å². The number of amides is 2. The van der Waals surface area contributed by atoms with Crippen molar-refractivity contribution < 1.29 is 34.4 Å². The van der Waals surface area contributed by atoms with Gasteiger partial charge in [-0.25, -0.2) is 9.59 Å². The summed E-state index contributed by atoms with van der Waals surface area (Å²) in [6, 6.07) is -2.26. The van der Waals surface area contributed by atoms with Crippen LogP contribution in [0.4, 0.5) is 4.79 Å². The highest BCUT2D eigenvalue weighted by molar-refractivity contribution is 5.86. The van der Waals surface area contributed by atoms with E-state index in [0.29, 0.717) is 26.1 Å². The first kappa shape index (κ1) is 17.2. The van der Waals surface area contributed by atoms with Crippen molar-refractivity contribution in [2.75, 3.05) is 26.8 Å². The number of aliphatic carboxylic acids is 2. The van der Waals surface area contributed by atoms with Gasteiger partial charge >= 0.3 is 18.0 Å². The van der Waals surface area contributed by atoms with Crippen molar-refractivity contribution in [3.63, 3.8) is 0 Å². The topological polar surface area (TPSA) is 136 Å². The van der Waals surface area contributed by atoms with Gasteiger partial charge in [-0.1, -0.05) is 0 Å². The lowest BCUT2D eigenvalue weighted by Crippen LogP contribution is -2.53. The van der Waals surface area contributed by atoms with Crippen LogP contribution >= 0.6 is 0 Å². The standard InChI is InChI=1S/C12H20N2O7/c1-14(7-12(20)2-4-21-5-3-12)11(19)13-8(10(17)18)6-9(15)16/h8,20H,2-7H2,1H3,(H,13,19)(H,15,16)(H,17,18). The molecule has 0 radical (unpaired) electrons. The summed E-state index contributed by atoms with van der Waals surface area (Å²) >= 11 is 0. The molecule has 1 aliphatic heterocycles. The summed E-state index contributed by atoms with van der Waals surface area (Å²) < 4.78 is 5.12. The van der Waals surface area contributed by atoms with Crippen LogP contribution in [-0.4, -0.2) is 76.6 Å². The third-order valence-corrected chi connectivity index (χ3v) is 3.28. The van der Waals surface area contributed by atoms with Gasteiger partial charge in [0.1, 0.15) is 6.04 Å². The Morgan fingerprint density at radius 3 is 2.33 bits per heavy atom. The Bertz CT molecular complexity index is 406. The molecule has 0 saturated carbocycles. The number of carbonyl (C=O) groups excluding carboxylic acids is 1. The number of nitrogens with zero attached hydrogens (tertiary/aromatic N) is 1. The molecule has 1 saturated heterocycles. The maximum Gasteiger partial charge on any atom is 0.326 e. The van der Waals surface area contributed by atoms with Crippen molar-refractivity contribution in [1.29, 1.82) is 0 Å². The predicted octanol–water partition coefficient (Wildman–Crippen LogP) is -0.903. The van der Waals surface area contributed by atoms with Gasteiger partial charge < -0.3 is 30.3 Å². The summed E-state index contributed by atoms with van der Waals surface area (Å²) in [5.74, 6) is -2.75. The van der Waals surface area contributed by atoms with Crippen LogP contribution in [0, 0.1) is 0 Å². The minimum absolute atomic E-state index is 0.0155. The minimum Gasteiger partial charge on any atom is -0.481 e. The quantitative estimate of drug-likeness (QED) is 0.499. The zero-order valence-electron chi connectivity index (χ0n) is 11.7. The monoisotopic (exact) mass is 304 g/mol. The summed E-state index contributed by atoms with van der Waals surface area (Å²) in [5, 5.41) is 29.9. The first-order valence-electron chi connectivity index (χ1n) is 6.50. The molecule has 0 aromatic carbocycles. The molecule has 1 atom stereocenters. The summed E-state index contributed by atoms with van der Waals surface area (Å²) in [5.41, 5.74) is -1.07. The minimum atomic E-state index is -1.51. The van der Waals surface area contributed by atoms with Crippen LogP contribution in [0.2, 0.25) is 0 Å². The van der Waals surface area contributed by atoms with Crippen molar-refractivity contribution >= 4 is 18.0 Å². The number of carbonyl (C=O) groups is 3. The molecule has 1 aliphatic rings. The molecule has 0 aromatic heterocycles. The Labute approximate surface area is 121 Å². The number of hydrogen-bond acceptors (Lipinski definition) is 5. The first-order valence-corrected chi connectivity index (χ1v) is 6.50. The van der Waals surface area contributed by atoms with E-state index in [4.69, 9.17) is 14.9 Å². The van der Waals surface area contributed by atoms with E-state index in [9.17, 15) is 19.5 Å². The number of carboxylic acids is 2. The highest BCUT2D eigenvalue weighted by Crippen LogP contribution is 2.21. The van der Waals surface area contributed by atoms with E-state index in [-0.39, 0.29) is 6.54 Å². The number of aliphatic hydroxyl groups is 1. The summed E-state index contributed by atoms with van der Waals surface area (Å²) in [7, 11) is 1.41. The van der Waals surface area contributed by atoms with Crippen molar-refractivity contribution in [3.8, 4) is 0 Å². The molecule has 120 valence electrons. The summed E-state index contributed by atoms with van der Waals surface area (Å²) in [4.78, 5) is 34.4. The number of ether oxygens (including phenoxy) is 1. The van der Waals surface area contributed by atoms with Gasteiger partial charge in [-0.3, -0.25) is 4.79 Å². The molecule has 21 heavy (non-hydrogen) atoms. The number of likely N-dealkylation sites (N-methyl/N-ethyl adjacent to an activating group) is 1. The average molecular weight is 304 g/mol. The molecule has 9 heteroatoms. The van der Waals surface area contributed by atoms with Gasteiger partial charge in [0.25, 0.3) is 0 Å². The summed E-state index contributed by atoms with van der Waals surface area (Å²) in [6.45, 7) is 0.799. The molecule has 0 aromatic rings. The predicted molar refractivity (Wildman–Crippen MR) is 69.8 cm³/mol. The van der Waals surface area contributed by atoms with Crippen LogP contribution in [0.25, 0.3) is 0 Å². The second-order valence-electron chi connectivity index (χ2n) is 5.13. The zero-order valence-corrected chi connectivity index (χ0v) is 11.7. The average Bonchev–Trinajstić information content (AvgIpc) is 2.37. The maximum atomic E-state index is 11.9. The third kappa shape index (κ3) is 5.56. The molecule has 4 N–H and O–H groups in total. The SMILES string of the molecule is CN(CC1(O)CCOCC1)C(=O)NC(CC(=O)O)C(=O)O. The Balaban J connectivity index is 2.56. The molecule has 0 aliphatic carbocycles.